The van der Waals surface area contributed by atoms with E-state index in [2.05, 4.69) is 20.8 Å². The zero-order valence-electron chi connectivity index (χ0n) is 13.3. The fourth-order valence-corrected chi connectivity index (χ4v) is 2.93. The van der Waals surface area contributed by atoms with Crippen molar-refractivity contribution < 1.29 is 14.6 Å². The fraction of sp³-hybridized carbons (Fsp3) is 0.611. The van der Waals surface area contributed by atoms with E-state index in [-0.39, 0.29) is 6.10 Å². The van der Waals surface area contributed by atoms with Crippen molar-refractivity contribution in [3.8, 4) is 0 Å². The van der Waals surface area contributed by atoms with Crippen LogP contribution in [0.3, 0.4) is 0 Å². The molecule has 0 radical (unpaired) electrons. The van der Waals surface area contributed by atoms with Crippen LogP contribution in [0.25, 0.3) is 0 Å². The summed E-state index contributed by atoms with van der Waals surface area (Å²) in [7, 11) is 0. The van der Waals surface area contributed by atoms with Crippen molar-refractivity contribution in [3.63, 3.8) is 0 Å². The molecule has 2 rings (SSSR count). The lowest BCUT2D eigenvalue weighted by Gasteiger charge is -2.28. The van der Waals surface area contributed by atoms with Crippen LogP contribution < -0.4 is 0 Å². The molecule has 0 aromatic heterocycles. The van der Waals surface area contributed by atoms with Gasteiger partial charge in [-0.05, 0) is 42.4 Å². The van der Waals surface area contributed by atoms with Crippen molar-refractivity contribution in [3.05, 3.63) is 35.4 Å². The third kappa shape index (κ3) is 4.31. The van der Waals surface area contributed by atoms with Crippen LogP contribution >= 0.6 is 0 Å². The summed E-state index contributed by atoms with van der Waals surface area (Å²) >= 11 is 0. The van der Waals surface area contributed by atoms with E-state index in [1.165, 1.54) is 18.4 Å². The molecule has 0 heterocycles. The molecule has 1 aromatic carbocycles. The summed E-state index contributed by atoms with van der Waals surface area (Å²) in [5, 5.41) is 0. The number of carbonyl (C=O) groups excluding carboxylic acids is 1. The first-order valence-corrected chi connectivity index (χ1v) is 8.09. The van der Waals surface area contributed by atoms with Crippen molar-refractivity contribution >= 4 is 5.97 Å². The molecule has 1 saturated carbocycles. The van der Waals surface area contributed by atoms with Gasteiger partial charge in [-0.3, -0.25) is 4.89 Å². The van der Waals surface area contributed by atoms with Gasteiger partial charge in [-0.25, -0.2) is 4.79 Å². The normalized spacial score (nSPS) is 22.3. The van der Waals surface area contributed by atoms with Gasteiger partial charge >= 0.3 is 5.97 Å². The van der Waals surface area contributed by atoms with Gasteiger partial charge in [0.1, 0.15) is 6.10 Å². The van der Waals surface area contributed by atoms with Gasteiger partial charge in [0.15, 0.2) is 0 Å². The van der Waals surface area contributed by atoms with Crippen LogP contribution in [0.1, 0.15) is 74.7 Å². The first-order chi connectivity index (χ1) is 10.1. The summed E-state index contributed by atoms with van der Waals surface area (Å²) in [6, 6.07) is 7.55. The Kier molecular flexibility index (Phi) is 5.80. The molecule has 0 N–H and O–H groups in total. The molecule has 3 nitrogen and oxygen atoms in total. The average molecular weight is 290 g/mol. The Labute approximate surface area is 127 Å². The van der Waals surface area contributed by atoms with Crippen molar-refractivity contribution in [1.29, 1.82) is 0 Å². The van der Waals surface area contributed by atoms with Gasteiger partial charge in [0.25, 0.3) is 0 Å². The molecule has 1 fully saturated rings. The molecule has 1 aromatic rings. The molecule has 2 atom stereocenters. The van der Waals surface area contributed by atoms with Crippen molar-refractivity contribution in [2.75, 3.05) is 0 Å². The van der Waals surface area contributed by atoms with Gasteiger partial charge in [0.2, 0.25) is 0 Å². The van der Waals surface area contributed by atoms with Crippen LogP contribution in [0.5, 0.6) is 0 Å². The van der Waals surface area contributed by atoms with Crippen molar-refractivity contribution in [2.24, 2.45) is 5.92 Å². The summed E-state index contributed by atoms with van der Waals surface area (Å²) < 4.78 is 0. The highest BCUT2D eigenvalue weighted by Crippen LogP contribution is 2.29. The summed E-state index contributed by atoms with van der Waals surface area (Å²) in [6.07, 6.45) is 5.69. The summed E-state index contributed by atoms with van der Waals surface area (Å²) in [5.41, 5.74) is 1.76. The maximum atomic E-state index is 12.0. The number of hydrogen-bond acceptors (Lipinski definition) is 3. The lowest BCUT2D eigenvalue weighted by atomic mass is 9.85. The van der Waals surface area contributed by atoms with E-state index in [9.17, 15) is 4.79 Å². The van der Waals surface area contributed by atoms with Crippen LogP contribution in [0.15, 0.2) is 24.3 Å². The summed E-state index contributed by atoms with van der Waals surface area (Å²) in [4.78, 5) is 22.5. The number of benzene rings is 1. The van der Waals surface area contributed by atoms with E-state index < -0.39 is 5.97 Å². The average Bonchev–Trinajstić information content (AvgIpc) is 2.52. The summed E-state index contributed by atoms with van der Waals surface area (Å²) in [6.45, 7) is 6.42. The van der Waals surface area contributed by atoms with Crippen LogP contribution in [-0.2, 0) is 9.78 Å². The Morgan fingerprint density at radius 1 is 1.19 bits per heavy atom. The Balaban J connectivity index is 1.89. The number of hydrogen-bond donors (Lipinski definition) is 0. The van der Waals surface area contributed by atoms with E-state index in [1.54, 1.807) is 12.1 Å². The van der Waals surface area contributed by atoms with E-state index in [1.807, 2.05) is 12.1 Å². The van der Waals surface area contributed by atoms with E-state index in [4.69, 9.17) is 9.78 Å². The Hall–Kier alpha value is -1.35. The quantitative estimate of drug-likeness (QED) is 0.573. The van der Waals surface area contributed by atoms with E-state index >= 15 is 0 Å². The first-order valence-electron chi connectivity index (χ1n) is 8.09. The molecular weight excluding hydrogens is 264 g/mol. The Morgan fingerprint density at radius 3 is 2.48 bits per heavy atom. The van der Waals surface area contributed by atoms with Gasteiger partial charge < -0.3 is 0 Å². The Morgan fingerprint density at radius 2 is 1.86 bits per heavy atom. The molecule has 0 bridgehead atoms. The minimum atomic E-state index is -0.397. The smallest absolute Gasteiger partial charge is 0.293 e. The molecule has 2 unspecified atom stereocenters. The predicted molar refractivity (Wildman–Crippen MR) is 83.1 cm³/mol. The molecule has 0 spiro atoms. The highest BCUT2D eigenvalue weighted by molar-refractivity contribution is 5.88. The highest BCUT2D eigenvalue weighted by Gasteiger charge is 2.26. The molecule has 0 aliphatic heterocycles. The number of rotatable bonds is 5. The predicted octanol–water partition coefficient (Wildman–Crippen LogP) is 4.87. The molecule has 3 heteroatoms. The second kappa shape index (κ2) is 7.60. The second-order valence-electron chi connectivity index (χ2n) is 6.23. The van der Waals surface area contributed by atoms with Gasteiger partial charge in [-0.15, -0.1) is 0 Å². The van der Waals surface area contributed by atoms with Gasteiger partial charge in [-0.2, -0.15) is 4.89 Å². The molecular formula is C18H26O3. The van der Waals surface area contributed by atoms with Gasteiger partial charge in [0.05, 0.1) is 5.56 Å². The lowest BCUT2D eigenvalue weighted by Crippen LogP contribution is -2.28. The molecule has 21 heavy (non-hydrogen) atoms. The Bertz CT molecular complexity index is 450. The maximum Gasteiger partial charge on any atom is 0.373 e. The number of carbonyl (C=O) groups is 1. The van der Waals surface area contributed by atoms with Crippen LogP contribution in [0.4, 0.5) is 0 Å². The SMILES string of the molecule is CCC1CCCCC1OOC(=O)c1ccc(C(C)C)cc1. The van der Waals surface area contributed by atoms with Gasteiger partial charge in [0, 0.05) is 0 Å². The molecule has 1 aliphatic rings. The highest BCUT2D eigenvalue weighted by atomic mass is 17.2. The first kappa shape index (κ1) is 16.0. The maximum absolute atomic E-state index is 12.0. The van der Waals surface area contributed by atoms with Crippen molar-refractivity contribution in [2.45, 2.75) is 64.9 Å². The van der Waals surface area contributed by atoms with E-state index in [0.717, 1.165) is 19.3 Å². The molecule has 116 valence electrons. The standard InChI is InChI=1S/C18H26O3/c1-4-14-7-5-6-8-17(14)20-21-18(19)16-11-9-15(10-12-16)13(2)3/h9-14,17H,4-8H2,1-3H3. The monoisotopic (exact) mass is 290 g/mol. The zero-order valence-corrected chi connectivity index (χ0v) is 13.3. The van der Waals surface area contributed by atoms with Crippen LogP contribution in [0.2, 0.25) is 0 Å². The van der Waals surface area contributed by atoms with Crippen LogP contribution in [-0.4, -0.2) is 12.1 Å². The fourth-order valence-electron chi connectivity index (χ4n) is 2.93. The van der Waals surface area contributed by atoms with Crippen LogP contribution in [0, 0.1) is 5.92 Å². The topological polar surface area (TPSA) is 35.5 Å². The summed E-state index contributed by atoms with van der Waals surface area (Å²) in [5.74, 6) is 0.569. The molecule has 0 amide bonds. The lowest BCUT2D eigenvalue weighted by molar-refractivity contribution is -0.290. The minimum absolute atomic E-state index is 0.0580. The third-order valence-corrected chi connectivity index (χ3v) is 4.42. The molecule has 0 saturated heterocycles. The molecule has 1 aliphatic carbocycles. The minimum Gasteiger partial charge on any atom is -0.293 e. The van der Waals surface area contributed by atoms with Gasteiger partial charge in [-0.1, -0.05) is 52.2 Å². The van der Waals surface area contributed by atoms with Crippen molar-refractivity contribution in [1.82, 2.24) is 0 Å². The third-order valence-electron chi connectivity index (χ3n) is 4.42. The largest absolute Gasteiger partial charge is 0.373 e. The second-order valence-corrected chi connectivity index (χ2v) is 6.23. The zero-order chi connectivity index (χ0) is 15.2. The van der Waals surface area contributed by atoms with E-state index in [0.29, 0.717) is 17.4 Å².